The van der Waals surface area contributed by atoms with E-state index in [-0.39, 0.29) is 5.57 Å². The van der Waals surface area contributed by atoms with E-state index in [2.05, 4.69) is 21.6 Å². The zero-order valence-electron chi connectivity index (χ0n) is 22.0. The highest BCUT2D eigenvalue weighted by atomic mass is 32.1. The molecule has 0 atom stereocenters. The molecule has 9 heteroatoms. The second kappa shape index (κ2) is 13.1. The molecule has 0 bridgehead atoms. The largest absolute Gasteiger partial charge is 0.493 e. The number of rotatable bonds is 10. The maximum Gasteiger partial charge on any atom is 0.268 e. The number of nitriles is 1. The van der Waals surface area contributed by atoms with Crippen molar-refractivity contribution in [1.82, 2.24) is 10.2 Å². The zero-order chi connectivity index (χ0) is 26.9. The van der Waals surface area contributed by atoms with Crippen molar-refractivity contribution in [2.75, 3.05) is 25.6 Å². The van der Waals surface area contributed by atoms with Crippen LogP contribution in [0.2, 0.25) is 0 Å². The first-order valence-corrected chi connectivity index (χ1v) is 13.6. The number of anilines is 1. The van der Waals surface area contributed by atoms with Gasteiger partial charge in [0, 0.05) is 5.92 Å². The third-order valence-corrected chi connectivity index (χ3v) is 7.41. The Morgan fingerprint density at radius 3 is 2.50 bits per heavy atom. The third-order valence-electron chi connectivity index (χ3n) is 6.41. The normalized spacial score (nSPS) is 14.0. The SMILES string of the molecule is COc1cc(/C=C(/C#N)C(=O)Nc2nnc(C3CCCCC3)s2)ccc1OCCOc1ccc(C)cc1C. The molecule has 8 nitrogen and oxygen atoms in total. The van der Waals surface area contributed by atoms with Crippen molar-refractivity contribution >= 4 is 28.5 Å². The Kier molecular flexibility index (Phi) is 9.33. The van der Waals surface area contributed by atoms with Crippen LogP contribution in [0.4, 0.5) is 5.13 Å². The number of methoxy groups -OCH3 is 1. The number of ether oxygens (including phenoxy) is 3. The number of hydrogen-bond donors (Lipinski definition) is 1. The summed E-state index contributed by atoms with van der Waals surface area (Å²) in [6.07, 6.45) is 7.37. The summed E-state index contributed by atoms with van der Waals surface area (Å²) in [7, 11) is 1.54. The van der Waals surface area contributed by atoms with Crippen molar-refractivity contribution in [2.24, 2.45) is 0 Å². The van der Waals surface area contributed by atoms with Crippen LogP contribution >= 0.6 is 11.3 Å². The Morgan fingerprint density at radius 2 is 1.79 bits per heavy atom. The van der Waals surface area contributed by atoms with Gasteiger partial charge in [0.15, 0.2) is 11.5 Å². The fourth-order valence-electron chi connectivity index (χ4n) is 4.44. The van der Waals surface area contributed by atoms with Crippen LogP contribution in [0.1, 0.15) is 59.7 Å². The third kappa shape index (κ3) is 7.11. The van der Waals surface area contributed by atoms with Crippen LogP contribution in [-0.4, -0.2) is 36.4 Å². The molecule has 0 aliphatic heterocycles. The maximum absolute atomic E-state index is 12.8. The number of carbonyl (C=O) groups is 1. The van der Waals surface area contributed by atoms with Gasteiger partial charge in [-0.05, 0) is 62.1 Å². The minimum absolute atomic E-state index is 0.0444. The Bertz CT molecular complexity index is 1340. The highest BCUT2D eigenvalue weighted by Crippen LogP contribution is 2.35. The Hall–Kier alpha value is -3.90. The first-order valence-electron chi connectivity index (χ1n) is 12.7. The van der Waals surface area contributed by atoms with E-state index in [1.54, 1.807) is 25.3 Å². The van der Waals surface area contributed by atoms with Gasteiger partial charge < -0.3 is 14.2 Å². The second-order valence-electron chi connectivity index (χ2n) is 9.28. The molecule has 1 saturated carbocycles. The van der Waals surface area contributed by atoms with Crippen LogP contribution in [0.15, 0.2) is 42.0 Å². The molecule has 1 N–H and O–H groups in total. The summed E-state index contributed by atoms with van der Waals surface area (Å²) >= 11 is 1.38. The molecule has 1 amide bonds. The maximum atomic E-state index is 12.8. The molecule has 2 aromatic carbocycles. The number of aryl methyl sites for hydroxylation is 2. The van der Waals surface area contributed by atoms with Crippen LogP contribution in [0.25, 0.3) is 6.08 Å². The van der Waals surface area contributed by atoms with Gasteiger partial charge in [0.2, 0.25) is 5.13 Å². The van der Waals surface area contributed by atoms with Crippen LogP contribution in [0.5, 0.6) is 17.2 Å². The Balaban J connectivity index is 1.35. The molecule has 0 unspecified atom stereocenters. The molecule has 0 spiro atoms. The number of nitrogens with one attached hydrogen (secondary N) is 1. The van der Waals surface area contributed by atoms with E-state index in [1.807, 2.05) is 32.0 Å². The standard InChI is InChI=1S/C29H32N4O4S/c1-19-9-11-24(20(2)15-19)36-13-14-37-25-12-10-21(17-26(25)35-3)16-23(18-30)27(34)31-29-33-32-28(38-29)22-7-5-4-6-8-22/h9-12,15-17,22H,4-8,13-14H2,1-3H3,(H,31,33,34)/b23-16-. The highest BCUT2D eigenvalue weighted by molar-refractivity contribution is 7.15. The molecule has 0 saturated heterocycles. The summed E-state index contributed by atoms with van der Waals surface area (Å²) in [5, 5.41) is 22.1. The minimum Gasteiger partial charge on any atom is -0.493 e. The fourth-order valence-corrected chi connectivity index (χ4v) is 5.34. The van der Waals surface area contributed by atoms with E-state index in [4.69, 9.17) is 14.2 Å². The molecular weight excluding hydrogens is 500 g/mol. The summed E-state index contributed by atoms with van der Waals surface area (Å²) in [6.45, 7) is 4.76. The van der Waals surface area contributed by atoms with Crippen LogP contribution in [-0.2, 0) is 4.79 Å². The molecule has 38 heavy (non-hydrogen) atoms. The van der Waals surface area contributed by atoms with Crippen LogP contribution in [0, 0.1) is 25.2 Å². The number of nitrogens with zero attached hydrogens (tertiary/aromatic N) is 3. The monoisotopic (exact) mass is 532 g/mol. The summed E-state index contributed by atoms with van der Waals surface area (Å²) < 4.78 is 17.1. The molecule has 1 aromatic heterocycles. The second-order valence-corrected chi connectivity index (χ2v) is 10.3. The lowest BCUT2D eigenvalue weighted by Crippen LogP contribution is -2.13. The average molecular weight is 533 g/mol. The van der Waals surface area contributed by atoms with Gasteiger partial charge in [0.1, 0.15) is 35.6 Å². The van der Waals surface area contributed by atoms with E-state index in [0.29, 0.717) is 41.3 Å². The number of amides is 1. The lowest BCUT2D eigenvalue weighted by molar-refractivity contribution is -0.112. The number of benzene rings is 2. The number of carbonyl (C=O) groups excluding carboxylic acids is 1. The first kappa shape index (κ1) is 27.1. The lowest BCUT2D eigenvalue weighted by Gasteiger charge is -2.18. The average Bonchev–Trinajstić information content (AvgIpc) is 3.40. The van der Waals surface area contributed by atoms with Crippen molar-refractivity contribution in [3.05, 3.63) is 63.7 Å². The molecule has 1 aliphatic rings. The van der Waals surface area contributed by atoms with Crippen molar-refractivity contribution < 1.29 is 19.0 Å². The van der Waals surface area contributed by atoms with Gasteiger partial charge in [-0.25, -0.2) is 0 Å². The minimum atomic E-state index is -0.526. The summed E-state index contributed by atoms with van der Waals surface area (Å²) in [6, 6.07) is 13.2. The number of hydrogen-bond acceptors (Lipinski definition) is 8. The highest BCUT2D eigenvalue weighted by Gasteiger charge is 2.21. The van der Waals surface area contributed by atoms with Crippen molar-refractivity contribution in [2.45, 2.75) is 51.9 Å². The smallest absolute Gasteiger partial charge is 0.268 e. The summed E-state index contributed by atoms with van der Waals surface area (Å²) in [4.78, 5) is 12.8. The molecular formula is C29H32N4O4S. The lowest BCUT2D eigenvalue weighted by atomic mass is 9.90. The Morgan fingerprint density at radius 1 is 1.05 bits per heavy atom. The van der Waals surface area contributed by atoms with E-state index in [0.717, 1.165) is 29.2 Å². The van der Waals surface area contributed by atoms with E-state index < -0.39 is 5.91 Å². The predicted octanol–water partition coefficient (Wildman–Crippen LogP) is 6.21. The van der Waals surface area contributed by atoms with E-state index in [9.17, 15) is 10.1 Å². The summed E-state index contributed by atoms with van der Waals surface area (Å²) in [5.74, 6) is 1.74. The molecule has 1 fully saturated rings. The quantitative estimate of drug-likeness (QED) is 0.188. The van der Waals surface area contributed by atoms with E-state index >= 15 is 0 Å². The van der Waals surface area contributed by atoms with Crippen molar-refractivity contribution in [3.8, 4) is 23.3 Å². The molecule has 1 aliphatic carbocycles. The van der Waals surface area contributed by atoms with Crippen molar-refractivity contribution in [3.63, 3.8) is 0 Å². The topological polar surface area (TPSA) is 106 Å². The Labute approximate surface area is 227 Å². The van der Waals surface area contributed by atoms with Gasteiger partial charge in [-0.2, -0.15) is 5.26 Å². The zero-order valence-corrected chi connectivity index (χ0v) is 22.8. The van der Waals surface area contributed by atoms with Gasteiger partial charge in [0.25, 0.3) is 5.91 Å². The molecule has 0 radical (unpaired) electrons. The van der Waals surface area contributed by atoms with Gasteiger partial charge >= 0.3 is 0 Å². The first-order chi connectivity index (χ1) is 18.5. The fraction of sp³-hybridized carbons (Fsp3) is 0.379. The van der Waals surface area contributed by atoms with Gasteiger partial charge in [-0.15, -0.1) is 10.2 Å². The van der Waals surface area contributed by atoms with Gasteiger partial charge in [-0.3, -0.25) is 10.1 Å². The predicted molar refractivity (Wildman–Crippen MR) is 148 cm³/mol. The van der Waals surface area contributed by atoms with Crippen molar-refractivity contribution in [1.29, 1.82) is 5.26 Å². The van der Waals surface area contributed by atoms with Gasteiger partial charge in [-0.1, -0.05) is 54.4 Å². The number of aromatic nitrogens is 2. The molecule has 1 heterocycles. The van der Waals surface area contributed by atoms with Gasteiger partial charge in [0.05, 0.1) is 7.11 Å². The molecule has 3 aromatic rings. The van der Waals surface area contributed by atoms with Crippen LogP contribution < -0.4 is 19.5 Å². The molecule has 198 valence electrons. The van der Waals surface area contributed by atoms with E-state index in [1.165, 1.54) is 42.2 Å². The van der Waals surface area contributed by atoms with Crippen LogP contribution in [0.3, 0.4) is 0 Å². The summed E-state index contributed by atoms with van der Waals surface area (Å²) in [5.41, 5.74) is 2.85. The molecule has 4 rings (SSSR count).